The molecule has 4 heteroatoms. The van der Waals surface area contributed by atoms with Crippen molar-refractivity contribution in [1.82, 2.24) is 9.78 Å². The van der Waals surface area contributed by atoms with Crippen molar-refractivity contribution in [3.05, 3.63) is 30.0 Å². The summed E-state index contributed by atoms with van der Waals surface area (Å²) in [6.45, 7) is 2.95. The van der Waals surface area contributed by atoms with Gasteiger partial charge in [-0.2, -0.15) is 5.10 Å². The fraction of sp³-hybridized carbons (Fsp3) is 0.533. The fourth-order valence-electron chi connectivity index (χ4n) is 3.12. The van der Waals surface area contributed by atoms with Gasteiger partial charge in [-0.05, 0) is 19.4 Å². The number of aryl methyl sites for hydroxylation is 1. The van der Waals surface area contributed by atoms with Gasteiger partial charge in [-0.25, -0.2) is 0 Å². The fourth-order valence-corrected chi connectivity index (χ4v) is 3.12. The molecule has 1 aromatic carbocycles. The number of aromatic nitrogens is 2. The largest absolute Gasteiger partial charge is 0.378 e. The topological polar surface area (TPSA) is 53.1 Å². The van der Waals surface area contributed by atoms with E-state index >= 15 is 0 Å². The number of rotatable bonds is 3. The molecule has 1 saturated heterocycles. The Labute approximate surface area is 113 Å². The van der Waals surface area contributed by atoms with Crippen LogP contribution in [0.4, 0.5) is 0 Å². The van der Waals surface area contributed by atoms with Gasteiger partial charge >= 0.3 is 0 Å². The Morgan fingerprint density at radius 3 is 3.00 bits per heavy atom. The van der Waals surface area contributed by atoms with Crippen LogP contribution >= 0.6 is 0 Å². The van der Waals surface area contributed by atoms with Gasteiger partial charge in [0, 0.05) is 37.4 Å². The molecule has 3 rings (SSSR count). The normalized spacial score (nSPS) is 25.0. The third-order valence-electron chi connectivity index (χ3n) is 4.25. The lowest BCUT2D eigenvalue weighted by Gasteiger charge is -2.21. The monoisotopic (exact) mass is 259 g/mol. The van der Waals surface area contributed by atoms with Crippen molar-refractivity contribution in [3.8, 4) is 0 Å². The maximum absolute atomic E-state index is 6.37. The van der Waals surface area contributed by atoms with Gasteiger partial charge in [0.15, 0.2) is 0 Å². The number of hydrogen-bond donors (Lipinski definition) is 1. The summed E-state index contributed by atoms with van der Waals surface area (Å²) >= 11 is 0. The van der Waals surface area contributed by atoms with Gasteiger partial charge in [-0.1, -0.05) is 18.2 Å². The third-order valence-corrected chi connectivity index (χ3v) is 4.25. The molecule has 4 nitrogen and oxygen atoms in total. The molecule has 3 atom stereocenters. The first-order valence-electron chi connectivity index (χ1n) is 6.94. The van der Waals surface area contributed by atoms with Crippen LogP contribution in [0.15, 0.2) is 24.3 Å². The van der Waals surface area contributed by atoms with E-state index in [0.717, 1.165) is 25.1 Å². The lowest BCUT2D eigenvalue weighted by atomic mass is 9.90. The first kappa shape index (κ1) is 12.6. The van der Waals surface area contributed by atoms with E-state index in [9.17, 15) is 0 Å². The van der Waals surface area contributed by atoms with Crippen LogP contribution < -0.4 is 5.73 Å². The van der Waals surface area contributed by atoms with Crippen molar-refractivity contribution in [3.63, 3.8) is 0 Å². The van der Waals surface area contributed by atoms with Crippen LogP contribution in [-0.4, -0.2) is 28.5 Å². The molecule has 1 fully saturated rings. The van der Waals surface area contributed by atoms with Gasteiger partial charge in [0.25, 0.3) is 0 Å². The number of benzene rings is 1. The van der Waals surface area contributed by atoms with Crippen molar-refractivity contribution < 1.29 is 4.74 Å². The highest BCUT2D eigenvalue weighted by Gasteiger charge is 2.30. The minimum absolute atomic E-state index is 0.121. The predicted molar refractivity (Wildman–Crippen MR) is 75.9 cm³/mol. The highest BCUT2D eigenvalue weighted by molar-refractivity contribution is 5.81. The summed E-state index contributed by atoms with van der Waals surface area (Å²) in [4.78, 5) is 0. The van der Waals surface area contributed by atoms with E-state index in [1.807, 2.05) is 17.8 Å². The van der Waals surface area contributed by atoms with Crippen molar-refractivity contribution in [2.24, 2.45) is 18.7 Å². The van der Waals surface area contributed by atoms with E-state index in [2.05, 4.69) is 30.2 Å². The second kappa shape index (κ2) is 4.94. The predicted octanol–water partition coefficient (Wildman–Crippen LogP) is 1.87. The quantitative estimate of drug-likeness (QED) is 0.915. The maximum Gasteiger partial charge on any atom is 0.0718 e. The zero-order chi connectivity index (χ0) is 13.4. The number of nitrogens with two attached hydrogens (primary N) is 1. The summed E-state index contributed by atoms with van der Waals surface area (Å²) in [5, 5.41) is 5.84. The Morgan fingerprint density at radius 2 is 2.26 bits per heavy atom. The average Bonchev–Trinajstić information content (AvgIpc) is 2.95. The van der Waals surface area contributed by atoms with Crippen LogP contribution in [0.3, 0.4) is 0 Å². The van der Waals surface area contributed by atoms with Crippen LogP contribution in [0, 0.1) is 5.92 Å². The second-order valence-corrected chi connectivity index (χ2v) is 5.48. The van der Waals surface area contributed by atoms with Gasteiger partial charge in [0.1, 0.15) is 0 Å². The zero-order valence-corrected chi connectivity index (χ0v) is 11.5. The Hall–Kier alpha value is -1.39. The zero-order valence-electron chi connectivity index (χ0n) is 11.5. The van der Waals surface area contributed by atoms with E-state index < -0.39 is 0 Å². The molecular weight excluding hydrogens is 238 g/mol. The molecule has 3 unspecified atom stereocenters. The first-order valence-corrected chi connectivity index (χ1v) is 6.94. The Morgan fingerprint density at radius 1 is 1.47 bits per heavy atom. The molecule has 0 saturated carbocycles. The van der Waals surface area contributed by atoms with Crippen molar-refractivity contribution in [2.75, 3.05) is 6.61 Å². The molecule has 0 spiro atoms. The Balaban J connectivity index is 1.85. The molecule has 2 N–H and O–H groups in total. The smallest absolute Gasteiger partial charge is 0.0718 e. The molecule has 19 heavy (non-hydrogen) atoms. The minimum Gasteiger partial charge on any atom is -0.378 e. The van der Waals surface area contributed by atoms with E-state index in [0.29, 0.717) is 5.92 Å². The molecular formula is C15H21N3O. The standard InChI is InChI=1S/C15H21N3O/c1-10-11(7-8-19-10)13(16)9-14-12-5-3-4-6-15(12)18(2)17-14/h3-6,10-11,13H,7-9,16H2,1-2H3. The molecule has 2 heterocycles. The number of para-hydroxylation sites is 1. The van der Waals surface area contributed by atoms with Crippen LogP contribution in [0.5, 0.6) is 0 Å². The van der Waals surface area contributed by atoms with Gasteiger partial charge < -0.3 is 10.5 Å². The van der Waals surface area contributed by atoms with E-state index in [4.69, 9.17) is 10.5 Å². The second-order valence-electron chi connectivity index (χ2n) is 5.48. The summed E-state index contributed by atoms with van der Waals surface area (Å²) in [7, 11) is 1.98. The molecule has 1 aliphatic rings. The Kier molecular flexibility index (Phi) is 3.29. The van der Waals surface area contributed by atoms with Crippen molar-refractivity contribution in [2.45, 2.75) is 31.9 Å². The lowest BCUT2D eigenvalue weighted by molar-refractivity contribution is 0.0994. The average molecular weight is 259 g/mol. The highest BCUT2D eigenvalue weighted by atomic mass is 16.5. The summed E-state index contributed by atoms with van der Waals surface area (Å²) in [6.07, 6.45) is 2.15. The maximum atomic E-state index is 6.37. The molecule has 1 aliphatic heterocycles. The number of ether oxygens (including phenoxy) is 1. The summed E-state index contributed by atoms with van der Waals surface area (Å²) in [6, 6.07) is 8.44. The molecule has 0 aliphatic carbocycles. The third kappa shape index (κ3) is 2.26. The van der Waals surface area contributed by atoms with Gasteiger partial charge in [-0.15, -0.1) is 0 Å². The van der Waals surface area contributed by atoms with E-state index in [-0.39, 0.29) is 12.1 Å². The summed E-state index contributed by atoms with van der Waals surface area (Å²) < 4.78 is 7.55. The molecule has 2 aromatic rings. The van der Waals surface area contributed by atoms with Gasteiger partial charge in [-0.3, -0.25) is 4.68 Å². The molecule has 1 aromatic heterocycles. The van der Waals surface area contributed by atoms with Crippen molar-refractivity contribution in [1.29, 1.82) is 0 Å². The summed E-state index contributed by atoms with van der Waals surface area (Å²) in [5.74, 6) is 0.445. The van der Waals surface area contributed by atoms with Crippen LogP contribution in [0.1, 0.15) is 19.0 Å². The van der Waals surface area contributed by atoms with Crippen LogP contribution in [0.2, 0.25) is 0 Å². The molecule has 102 valence electrons. The van der Waals surface area contributed by atoms with Gasteiger partial charge in [0.05, 0.1) is 17.3 Å². The van der Waals surface area contributed by atoms with Crippen LogP contribution in [0.25, 0.3) is 10.9 Å². The van der Waals surface area contributed by atoms with Gasteiger partial charge in [0.2, 0.25) is 0 Å². The Bertz CT molecular complexity index is 578. The van der Waals surface area contributed by atoms with E-state index in [1.165, 1.54) is 10.9 Å². The highest BCUT2D eigenvalue weighted by Crippen LogP contribution is 2.26. The first-order chi connectivity index (χ1) is 9.16. The SMILES string of the molecule is CC1OCCC1C(N)Cc1nn(C)c2ccccc12. The summed E-state index contributed by atoms with van der Waals surface area (Å²) in [5.41, 5.74) is 8.64. The van der Waals surface area contributed by atoms with Crippen LogP contribution in [-0.2, 0) is 18.2 Å². The minimum atomic E-state index is 0.121. The van der Waals surface area contributed by atoms with Crippen molar-refractivity contribution >= 4 is 10.9 Å². The number of fused-ring (bicyclic) bond motifs is 1. The number of nitrogens with zero attached hydrogens (tertiary/aromatic N) is 2. The number of hydrogen-bond acceptors (Lipinski definition) is 3. The lowest BCUT2D eigenvalue weighted by Crippen LogP contribution is -2.36. The van der Waals surface area contributed by atoms with E-state index in [1.54, 1.807) is 0 Å². The molecule has 0 amide bonds. The molecule has 0 bridgehead atoms. The molecule has 0 radical (unpaired) electrons.